The molecule has 1 aliphatic heterocycles. The lowest BCUT2D eigenvalue weighted by atomic mass is 10.1. The van der Waals surface area contributed by atoms with Crippen molar-refractivity contribution in [3.8, 4) is 0 Å². The van der Waals surface area contributed by atoms with Crippen molar-refractivity contribution in [1.82, 2.24) is 4.98 Å². The van der Waals surface area contributed by atoms with Crippen molar-refractivity contribution in [2.75, 3.05) is 10.2 Å². The number of anilines is 2. The molecule has 0 unspecified atom stereocenters. The van der Waals surface area contributed by atoms with Gasteiger partial charge >= 0.3 is 0 Å². The van der Waals surface area contributed by atoms with E-state index < -0.39 is 0 Å². The summed E-state index contributed by atoms with van der Waals surface area (Å²) in [6, 6.07) is 12.6. The number of halogens is 1. The van der Waals surface area contributed by atoms with Crippen LogP contribution in [0, 0.1) is 5.82 Å². The molecule has 1 fully saturated rings. The van der Waals surface area contributed by atoms with Gasteiger partial charge in [0.25, 0.3) is 5.91 Å². The van der Waals surface area contributed by atoms with E-state index in [1.807, 2.05) is 0 Å². The van der Waals surface area contributed by atoms with Gasteiger partial charge in [-0.25, -0.2) is 9.37 Å². The number of aromatic nitrogens is 1. The predicted octanol–water partition coefficient (Wildman–Crippen LogP) is 3.78. The Morgan fingerprint density at radius 3 is 2.55 bits per heavy atom. The van der Waals surface area contributed by atoms with Gasteiger partial charge in [0.1, 0.15) is 5.82 Å². The Labute approximate surface area is 170 Å². The minimum absolute atomic E-state index is 0.186. The standard InChI is InChI=1S/C21H16FN3O3S/c22-15-6-4-13(5-7-15)10-17-12-23-21(29-17)24-20(28)14-2-1-3-16(11-14)25-18(26)8-9-19(25)27/h1-7,11-12H,8-10H2,(H,23,24,28). The average molecular weight is 409 g/mol. The van der Waals surface area contributed by atoms with E-state index in [9.17, 15) is 18.8 Å². The first-order valence-electron chi connectivity index (χ1n) is 8.96. The third kappa shape index (κ3) is 4.22. The molecular weight excluding hydrogens is 393 g/mol. The lowest BCUT2D eigenvalue weighted by Crippen LogP contribution is -2.28. The third-order valence-corrected chi connectivity index (χ3v) is 5.40. The second-order valence-corrected chi connectivity index (χ2v) is 7.68. The van der Waals surface area contributed by atoms with Crippen LogP contribution in [-0.2, 0) is 16.0 Å². The number of benzene rings is 2. The van der Waals surface area contributed by atoms with Gasteiger partial charge in [-0.2, -0.15) is 0 Å². The van der Waals surface area contributed by atoms with E-state index in [2.05, 4.69) is 10.3 Å². The fraction of sp³-hybridized carbons (Fsp3) is 0.143. The molecule has 2 heterocycles. The Kier molecular flexibility index (Phi) is 5.18. The Morgan fingerprint density at radius 1 is 1.10 bits per heavy atom. The molecule has 0 radical (unpaired) electrons. The largest absolute Gasteiger partial charge is 0.298 e. The van der Waals surface area contributed by atoms with Crippen LogP contribution in [0.3, 0.4) is 0 Å². The fourth-order valence-electron chi connectivity index (χ4n) is 3.07. The van der Waals surface area contributed by atoms with Crippen LogP contribution in [0.15, 0.2) is 54.7 Å². The van der Waals surface area contributed by atoms with Gasteiger partial charge in [-0.15, -0.1) is 11.3 Å². The molecule has 8 heteroatoms. The van der Waals surface area contributed by atoms with Gasteiger partial charge in [0.05, 0.1) is 5.69 Å². The van der Waals surface area contributed by atoms with E-state index in [0.717, 1.165) is 15.3 Å². The summed E-state index contributed by atoms with van der Waals surface area (Å²) in [5.41, 5.74) is 1.66. The van der Waals surface area contributed by atoms with Crippen LogP contribution in [0.1, 0.15) is 33.6 Å². The summed E-state index contributed by atoms with van der Waals surface area (Å²) in [5.74, 6) is -1.20. The summed E-state index contributed by atoms with van der Waals surface area (Å²) >= 11 is 1.33. The molecule has 29 heavy (non-hydrogen) atoms. The van der Waals surface area contributed by atoms with Crippen LogP contribution < -0.4 is 10.2 Å². The minimum atomic E-state index is -0.381. The summed E-state index contributed by atoms with van der Waals surface area (Å²) in [7, 11) is 0. The van der Waals surface area contributed by atoms with Crippen molar-refractivity contribution in [2.24, 2.45) is 0 Å². The van der Waals surface area contributed by atoms with E-state index in [0.29, 0.717) is 22.8 Å². The molecule has 1 aliphatic rings. The zero-order valence-electron chi connectivity index (χ0n) is 15.2. The van der Waals surface area contributed by atoms with Crippen molar-refractivity contribution in [1.29, 1.82) is 0 Å². The normalized spacial score (nSPS) is 13.8. The van der Waals surface area contributed by atoms with E-state index in [1.165, 1.54) is 29.5 Å². The maximum absolute atomic E-state index is 13.0. The molecule has 0 aliphatic carbocycles. The molecule has 3 amide bonds. The minimum Gasteiger partial charge on any atom is -0.298 e. The molecule has 2 aromatic carbocycles. The van der Waals surface area contributed by atoms with Crippen molar-refractivity contribution < 1.29 is 18.8 Å². The highest BCUT2D eigenvalue weighted by Gasteiger charge is 2.30. The van der Waals surface area contributed by atoms with Crippen molar-refractivity contribution in [3.63, 3.8) is 0 Å². The lowest BCUT2D eigenvalue weighted by Gasteiger charge is -2.14. The van der Waals surface area contributed by atoms with Crippen LogP contribution in [0.5, 0.6) is 0 Å². The van der Waals surface area contributed by atoms with Gasteiger partial charge in [0.2, 0.25) is 11.8 Å². The van der Waals surface area contributed by atoms with Gasteiger partial charge in [-0.3, -0.25) is 24.6 Å². The first-order valence-corrected chi connectivity index (χ1v) is 9.77. The van der Waals surface area contributed by atoms with Gasteiger partial charge < -0.3 is 0 Å². The quantitative estimate of drug-likeness (QED) is 0.651. The first kappa shape index (κ1) is 18.9. The summed E-state index contributed by atoms with van der Waals surface area (Å²) in [5, 5.41) is 3.17. The highest BCUT2D eigenvalue weighted by atomic mass is 32.1. The molecule has 6 nitrogen and oxygen atoms in total. The second kappa shape index (κ2) is 7.92. The number of carbonyl (C=O) groups is 3. The zero-order valence-corrected chi connectivity index (χ0v) is 16.0. The molecule has 0 saturated carbocycles. The van der Waals surface area contributed by atoms with Gasteiger partial charge in [-0.1, -0.05) is 18.2 Å². The molecule has 1 saturated heterocycles. The highest BCUT2D eigenvalue weighted by molar-refractivity contribution is 7.15. The molecule has 3 aromatic rings. The molecular formula is C21H16FN3O3S. The van der Waals surface area contributed by atoms with Crippen LogP contribution in [-0.4, -0.2) is 22.7 Å². The number of hydrogen-bond acceptors (Lipinski definition) is 5. The van der Waals surface area contributed by atoms with E-state index in [4.69, 9.17) is 0 Å². The van der Waals surface area contributed by atoms with Gasteiger partial charge in [0, 0.05) is 35.9 Å². The van der Waals surface area contributed by atoms with E-state index in [-0.39, 0.29) is 36.4 Å². The number of hydrogen-bond donors (Lipinski definition) is 1. The third-order valence-electron chi connectivity index (χ3n) is 4.48. The Morgan fingerprint density at radius 2 is 1.83 bits per heavy atom. The van der Waals surface area contributed by atoms with Gasteiger partial charge in [-0.05, 0) is 35.9 Å². The summed E-state index contributed by atoms with van der Waals surface area (Å²) < 4.78 is 13.0. The smallest absolute Gasteiger partial charge is 0.257 e. The Bertz CT molecular complexity index is 1080. The van der Waals surface area contributed by atoms with Crippen molar-refractivity contribution in [3.05, 3.63) is 76.5 Å². The molecule has 0 bridgehead atoms. The molecule has 1 N–H and O–H groups in total. The molecule has 0 atom stereocenters. The SMILES string of the molecule is O=C(Nc1ncc(Cc2ccc(F)cc2)s1)c1cccc(N2C(=O)CCC2=O)c1. The topological polar surface area (TPSA) is 79.4 Å². The van der Waals surface area contributed by atoms with Crippen molar-refractivity contribution in [2.45, 2.75) is 19.3 Å². The lowest BCUT2D eigenvalue weighted by molar-refractivity contribution is -0.121. The number of nitrogens with zero attached hydrogens (tertiary/aromatic N) is 2. The van der Waals surface area contributed by atoms with E-state index >= 15 is 0 Å². The number of rotatable bonds is 5. The number of carbonyl (C=O) groups excluding carboxylic acids is 3. The van der Waals surface area contributed by atoms with E-state index in [1.54, 1.807) is 36.5 Å². The maximum Gasteiger partial charge on any atom is 0.257 e. The highest BCUT2D eigenvalue weighted by Crippen LogP contribution is 2.25. The number of nitrogens with one attached hydrogen (secondary N) is 1. The van der Waals surface area contributed by atoms with Gasteiger partial charge in [0.15, 0.2) is 5.13 Å². The summed E-state index contributed by atoms with van der Waals surface area (Å²) in [6.07, 6.45) is 2.63. The van der Waals surface area contributed by atoms with Crippen LogP contribution in [0.2, 0.25) is 0 Å². The Hall–Kier alpha value is -3.39. The Balaban J connectivity index is 1.45. The van der Waals surface area contributed by atoms with Crippen LogP contribution in [0.25, 0.3) is 0 Å². The monoisotopic (exact) mass is 409 g/mol. The number of thiazole rings is 1. The maximum atomic E-state index is 13.0. The zero-order chi connectivity index (χ0) is 20.4. The molecule has 0 spiro atoms. The number of imide groups is 1. The summed E-state index contributed by atoms with van der Waals surface area (Å²) in [4.78, 5) is 42.6. The molecule has 146 valence electrons. The first-order chi connectivity index (χ1) is 14.0. The second-order valence-electron chi connectivity index (χ2n) is 6.56. The average Bonchev–Trinajstić information content (AvgIpc) is 3.29. The predicted molar refractivity (Wildman–Crippen MR) is 107 cm³/mol. The number of amides is 3. The molecule has 4 rings (SSSR count). The molecule has 1 aromatic heterocycles. The summed E-state index contributed by atoms with van der Waals surface area (Å²) in [6.45, 7) is 0. The fourth-order valence-corrected chi connectivity index (χ4v) is 3.91. The van der Waals surface area contributed by atoms with Crippen LogP contribution in [0.4, 0.5) is 15.2 Å². The van der Waals surface area contributed by atoms with Crippen LogP contribution >= 0.6 is 11.3 Å². The van der Waals surface area contributed by atoms with Crippen molar-refractivity contribution >= 4 is 39.9 Å².